The van der Waals surface area contributed by atoms with Gasteiger partial charge in [0.15, 0.2) is 0 Å². The monoisotopic (exact) mass is 500 g/mol. The number of alkyl halides is 3. The van der Waals surface area contributed by atoms with Crippen LogP contribution in [0.1, 0.15) is 17.5 Å². The highest BCUT2D eigenvalue weighted by molar-refractivity contribution is 7.90. The smallest absolute Gasteiger partial charge is 0.365 e. The predicted molar refractivity (Wildman–Crippen MR) is 132 cm³/mol. The molecule has 0 spiro atoms. The first-order chi connectivity index (χ1) is 16.7. The van der Waals surface area contributed by atoms with Gasteiger partial charge < -0.3 is 10.6 Å². The fourth-order valence-electron chi connectivity index (χ4n) is 4.34. The summed E-state index contributed by atoms with van der Waals surface area (Å²) in [6, 6.07) is 14.0. The Bertz CT molecular complexity index is 1520. The first kappa shape index (κ1) is 23.4. The maximum absolute atomic E-state index is 13.3. The van der Waals surface area contributed by atoms with Gasteiger partial charge in [-0.05, 0) is 42.8 Å². The van der Waals surface area contributed by atoms with Crippen LogP contribution in [0.5, 0.6) is 0 Å². The summed E-state index contributed by atoms with van der Waals surface area (Å²) in [6.45, 7) is 1.71. The Morgan fingerprint density at radius 1 is 1.11 bits per heavy atom. The van der Waals surface area contributed by atoms with Gasteiger partial charge in [0.1, 0.15) is 5.82 Å². The maximum Gasteiger partial charge on any atom is 0.416 e. The highest BCUT2D eigenvalue weighted by atomic mass is 32.2. The van der Waals surface area contributed by atoms with Crippen LogP contribution in [0.4, 0.5) is 19.0 Å². The van der Waals surface area contributed by atoms with Crippen LogP contribution in [0, 0.1) is 0 Å². The van der Waals surface area contributed by atoms with Gasteiger partial charge in [-0.1, -0.05) is 42.5 Å². The van der Waals surface area contributed by atoms with E-state index >= 15 is 0 Å². The van der Waals surface area contributed by atoms with Crippen molar-refractivity contribution in [3.05, 3.63) is 78.0 Å². The van der Waals surface area contributed by atoms with Crippen LogP contribution in [0.2, 0.25) is 0 Å². The number of aromatic nitrogens is 2. The number of pyridine rings is 1. The highest BCUT2D eigenvalue weighted by Crippen LogP contribution is 2.32. The molecule has 3 heterocycles. The Morgan fingerprint density at radius 2 is 1.94 bits per heavy atom. The van der Waals surface area contributed by atoms with Crippen molar-refractivity contribution in [3.63, 3.8) is 0 Å². The van der Waals surface area contributed by atoms with Crippen LogP contribution in [-0.4, -0.2) is 42.3 Å². The minimum Gasteiger partial charge on any atom is -0.365 e. The second-order valence-electron chi connectivity index (χ2n) is 8.49. The molecule has 0 bridgehead atoms. The summed E-state index contributed by atoms with van der Waals surface area (Å²) in [7, 11) is -3.85. The van der Waals surface area contributed by atoms with Crippen LogP contribution < -0.4 is 10.6 Å². The first-order valence-electron chi connectivity index (χ1n) is 11.2. The first-order valence-corrected chi connectivity index (χ1v) is 12.8. The molecule has 6 nitrogen and oxygen atoms in total. The van der Waals surface area contributed by atoms with E-state index in [0.29, 0.717) is 27.6 Å². The van der Waals surface area contributed by atoms with Gasteiger partial charge >= 0.3 is 6.18 Å². The molecule has 0 aliphatic carbocycles. The molecule has 0 saturated carbocycles. The van der Waals surface area contributed by atoms with E-state index < -0.39 is 21.8 Å². The van der Waals surface area contributed by atoms with Crippen molar-refractivity contribution in [1.82, 2.24) is 14.3 Å². The van der Waals surface area contributed by atoms with E-state index in [1.807, 2.05) is 24.3 Å². The molecule has 2 aromatic heterocycles. The standard InChI is InChI=1S/C25H23F3N4O2S/c26-25(27,28)18-7-3-5-17(15-18)6-4-14-35(33,34)32-13-11-21-23(32)20-8-1-2-9-22(20)31-24(21)30-19-10-12-29-16-19/h1-9,11,13,15,19,29H,10,12,14,16H2,(H,30,31)/t19-/m0/s1. The van der Waals surface area contributed by atoms with Gasteiger partial charge in [-0.25, -0.2) is 17.4 Å². The SMILES string of the molecule is O=S(=O)(CC=Cc1cccc(C(F)(F)F)c1)n1ccc2c(N[C@H]3CCNC3)nc3ccccc3c21. The number of nitrogens with one attached hydrogen (secondary N) is 2. The number of hydrogen-bond acceptors (Lipinski definition) is 5. The Morgan fingerprint density at radius 3 is 2.71 bits per heavy atom. The molecule has 0 radical (unpaired) electrons. The van der Waals surface area contributed by atoms with Crippen LogP contribution >= 0.6 is 0 Å². The molecule has 2 N–H and O–H groups in total. The van der Waals surface area contributed by atoms with Crippen molar-refractivity contribution in [2.24, 2.45) is 0 Å². The highest BCUT2D eigenvalue weighted by Gasteiger charge is 2.30. The largest absolute Gasteiger partial charge is 0.416 e. The van der Waals surface area contributed by atoms with E-state index in [-0.39, 0.29) is 17.4 Å². The normalized spacial score (nSPS) is 17.1. The summed E-state index contributed by atoms with van der Waals surface area (Å²) in [5.41, 5.74) is 0.689. The van der Waals surface area contributed by atoms with Gasteiger partial charge in [0.05, 0.1) is 22.3 Å². The fourth-order valence-corrected chi connectivity index (χ4v) is 5.56. The van der Waals surface area contributed by atoms with Crippen molar-refractivity contribution in [2.75, 3.05) is 24.2 Å². The number of halogens is 3. The van der Waals surface area contributed by atoms with E-state index in [2.05, 4.69) is 10.6 Å². The van der Waals surface area contributed by atoms with E-state index in [0.717, 1.165) is 31.6 Å². The third kappa shape index (κ3) is 4.76. The number of benzene rings is 2. The van der Waals surface area contributed by atoms with E-state index in [9.17, 15) is 21.6 Å². The molecule has 5 rings (SSSR count). The Hall–Kier alpha value is -3.37. The summed E-state index contributed by atoms with van der Waals surface area (Å²) in [5.74, 6) is 0.250. The van der Waals surface area contributed by atoms with Crippen molar-refractivity contribution in [3.8, 4) is 0 Å². The number of nitrogens with zero attached hydrogens (tertiary/aromatic N) is 2. The molecule has 1 aliphatic heterocycles. The van der Waals surface area contributed by atoms with Gasteiger partial charge in [0.25, 0.3) is 0 Å². The lowest BCUT2D eigenvalue weighted by molar-refractivity contribution is -0.137. The summed E-state index contributed by atoms with van der Waals surface area (Å²) in [4.78, 5) is 4.74. The molecule has 0 amide bonds. The van der Waals surface area contributed by atoms with Gasteiger partial charge in [-0.15, -0.1) is 0 Å². The zero-order chi connectivity index (χ0) is 24.6. The van der Waals surface area contributed by atoms with Crippen LogP contribution in [0.25, 0.3) is 27.9 Å². The average Bonchev–Trinajstić information content (AvgIpc) is 3.49. The number of fused-ring (bicyclic) bond motifs is 3. The average molecular weight is 501 g/mol. The number of anilines is 1. The fraction of sp³-hybridized carbons (Fsp3) is 0.240. The van der Waals surface area contributed by atoms with Crippen molar-refractivity contribution < 1.29 is 21.6 Å². The van der Waals surface area contributed by atoms with E-state index in [1.165, 1.54) is 34.5 Å². The van der Waals surface area contributed by atoms with Crippen LogP contribution in [-0.2, 0) is 16.2 Å². The molecule has 0 unspecified atom stereocenters. The van der Waals surface area contributed by atoms with Crippen molar-refractivity contribution in [1.29, 1.82) is 0 Å². The number of rotatable bonds is 6. The molecule has 1 aliphatic rings. The molecule has 1 fully saturated rings. The van der Waals surface area contributed by atoms with Crippen LogP contribution in [0.15, 0.2) is 66.9 Å². The van der Waals surface area contributed by atoms with Gasteiger partial charge in [-0.3, -0.25) is 0 Å². The lowest BCUT2D eigenvalue weighted by atomic mass is 10.1. The second kappa shape index (κ2) is 9.01. The lowest BCUT2D eigenvalue weighted by Crippen LogP contribution is -2.23. The molecule has 4 aromatic rings. The molecule has 2 aromatic carbocycles. The Labute approximate surface area is 200 Å². The molecule has 1 atom stereocenters. The Kier molecular flexibility index (Phi) is 6.02. The third-order valence-corrected chi connectivity index (χ3v) is 7.55. The minimum atomic E-state index is -4.46. The van der Waals surface area contributed by atoms with E-state index in [1.54, 1.807) is 6.07 Å². The minimum absolute atomic E-state index is 0.196. The number of para-hydroxylation sites is 1. The zero-order valence-corrected chi connectivity index (χ0v) is 19.4. The van der Waals surface area contributed by atoms with Crippen LogP contribution in [0.3, 0.4) is 0 Å². The Balaban J connectivity index is 1.50. The molecule has 182 valence electrons. The predicted octanol–water partition coefficient (Wildman–Crippen LogP) is 4.87. The van der Waals surface area contributed by atoms with Gasteiger partial charge in [-0.2, -0.15) is 13.2 Å². The summed E-state index contributed by atoms with van der Waals surface area (Å²) in [5, 5.41) is 8.13. The summed E-state index contributed by atoms with van der Waals surface area (Å²) >= 11 is 0. The van der Waals surface area contributed by atoms with Gasteiger partial charge in [0.2, 0.25) is 10.0 Å². The molecule has 1 saturated heterocycles. The topological polar surface area (TPSA) is 76.0 Å². The molecule has 10 heteroatoms. The lowest BCUT2D eigenvalue weighted by Gasteiger charge is -2.15. The zero-order valence-electron chi connectivity index (χ0n) is 18.6. The molecule has 35 heavy (non-hydrogen) atoms. The molecular weight excluding hydrogens is 477 g/mol. The van der Waals surface area contributed by atoms with Gasteiger partial charge in [0, 0.05) is 29.6 Å². The summed E-state index contributed by atoms with van der Waals surface area (Å²) in [6.07, 6.45) is 0.733. The maximum atomic E-state index is 13.3. The molecular formula is C25H23F3N4O2S. The van der Waals surface area contributed by atoms with Crippen molar-refractivity contribution in [2.45, 2.75) is 18.6 Å². The number of hydrogen-bond donors (Lipinski definition) is 2. The second-order valence-corrected chi connectivity index (χ2v) is 10.4. The third-order valence-electron chi connectivity index (χ3n) is 6.03. The quantitative estimate of drug-likeness (QED) is 0.395. The summed E-state index contributed by atoms with van der Waals surface area (Å²) < 4.78 is 66.7. The van der Waals surface area contributed by atoms with E-state index in [4.69, 9.17) is 4.98 Å². The van der Waals surface area contributed by atoms with Crippen molar-refractivity contribution >= 4 is 43.7 Å².